The van der Waals surface area contributed by atoms with Gasteiger partial charge in [0.15, 0.2) is 17.1 Å². The molecule has 1 atom stereocenters. The monoisotopic (exact) mass is 454 g/mol. The van der Waals surface area contributed by atoms with Crippen molar-refractivity contribution in [1.82, 2.24) is 14.8 Å². The summed E-state index contributed by atoms with van der Waals surface area (Å²) >= 11 is 13.3. The molecule has 0 saturated heterocycles. The lowest BCUT2D eigenvalue weighted by Crippen LogP contribution is -2.15. The number of rotatable bonds is 7. The number of halogens is 3. The van der Waals surface area contributed by atoms with Crippen molar-refractivity contribution in [3.05, 3.63) is 64.2 Å². The number of hydrogen-bond acceptors (Lipinski definition) is 5. The first-order chi connectivity index (χ1) is 13.8. The van der Waals surface area contributed by atoms with Crippen LogP contribution in [0.25, 0.3) is 0 Å². The van der Waals surface area contributed by atoms with E-state index in [0.29, 0.717) is 32.5 Å². The Morgan fingerprint density at radius 2 is 1.97 bits per heavy atom. The molecule has 1 unspecified atom stereocenters. The predicted molar refractivity (Wildman–Crippen MR) is 112 cm³/mol. The fourth-order valence-corrected chi connectivity index (χ4v) is 3.65. The summed E-state index contributed by atoms with van der Waals surface area (Å²) in [6, 6.07) is 10.5. The maximum atomic E-state index is 12.9. The summed E-state index contributed by atoms with van der Waals surface area (Å²) in [4.78, 5) is 12.1. The molecular weight excluding hydrogens is 438 g/mol. The van der Waals surface area contributed by atoms with Gasteiger partial charge in [-0.15, -0.1) is 10.2 Å². The van der Waals surface area contributed by atoms with Gasteiger partial charge in [0.1, 0.15) is 11.6 Å². The van der Waals surface area contributed by atoms with Gasteiger partial charge in [0.2, 0.25) is 5.91 Å². The van der Waals surface area contributed by atoms with E-state index in [1.54, 1.807) is 29.8 Å². The lowest BCUT2D eigenvalue weighted by atomic mass is 10.3. The van der Waals surface area contributed by atoms with Gasteiger partial charge in [-0.3, -0.25) is 4.79 Å². The second-order valence-corrected chi connectivity index (χ2v) is 7.86. The van der Waals surface area contributed by atoms with Gasteiger partial charge in [-0.1, -0.05) is 35.0 Å². The van der Waals surface area contributed by atoms with Crippen LogP contribution in [0, 0.1) is 5.82 Å². The van der Waals surface area contributed by atoms with Gasteiger partial charge < -0.3 is 14.6 Å². The molecule has 0 saturated carbocycles. The largest absolute Gasteiger partial charge is 0.481 e. The van der Waals surface area contributed by atoms with Crippen molar-refractivity contribution < 1.29 is 13.9 Å². The number of aromatic nitrogens is 3. The van der Waals surface area contributed by atoms with Gasteiger partial charge in [0.25, 0.3) is 0 Å². The van der Waals surface area contributed by atoms with E-state index in [2.05, 4.69) is 15.5 Å². The molecule has 1 heterocycles. The summed E-state index contributed by atoms with van der Waals surface area (Å²) in [6.45, 7) is 1.82. The van der Waals surface area contributed by atoms with Crippen LogP contribution in [0.15, 0.2) is 47.6 Å². The van der Waals surface area contributed by atoms with Crippen molar-refractivity contribution in [3.8, 4) is 5.75 Å². The number of ether oxygens (including phenoxy) is 1. The molecule has 0 spiro atoms. The quantitative estimate of drug-likeness (QED) is 0.501. The van der Waals surface area contributed by atoms with Crippen LogP contribution in [0.5, 0.6) is 5.75 Å². The van der Waals surface area contributed by atoms with Gasteiger partial charge in [-0.2, -0.15) is 0 Å². The van der Waals surface area contributed by atoms with E-state index in [4.69, 9.17) is 27.9 Å². The Kier molecular flexibility index (Phi) is 7.00. The van der Waals surface area contributed by atoms with Gasteiger partial charge >= 0.3 is 0 Å². The standard InChI is InChI=1S/C19H17Cl2FN4O2S/c1-11(28-16-8-3-12(20)9-15(16)21)18-24-25-19(26(18)2)29-10-17(27)23-14-6-4-13(22)5-7-14/h3-9,11H,10H2,1-2H3,(H,23,27). The first-order valence-corrected chi connectivity index (χ1v) is 10.3. The number of anilines is 1. The highest BCUT2D eigenvalue weighted by atomic mass is 35.5. The topological polar surface area (TPSA) is 69.0 Å². The van der Waals surface area contributed by atoms with Crippen LogP contribution in [0.4, 0.5) is 10.1 Å². The van der Waals surface area contributed by atoms with E-state index in [1.807, 2.05) is 6.92 Å². The van der Waals surface area contributed by atoms with Crippen molar-refractivity contribution in [2.24, 2.45) is 7.05 Å². The number of thioether (sulfide) groups is 1. The van der Waals surface area contributed by atoms with E-state index in [-0.39, 0.29) is 17.5 Å². The van der Waals surface area contributed by atoms with Crippen molar-refractivity contribution in [1.29, 1.82) is 0 Å². The predicted octanol–water partition coefficient (Wildman–Crippen LogP) is 5.13. The molecular formula is C19H17Cl2FN4O2S. The second-order valence-electron chi connectivity index (χ2n) is 6.08. The number of carbonyl (C=O) groups excluding carboxylic acids is 1. The zero-order valence-corrected chi connectivity index (χ0v) is 17.9. The molecule has 6 nitrogen and oxygen atoms in total. The van der Waals surface area contributed by atoms with Gasteiger partial charge in [-0.05, 0) is 49.4 Å². The lowest BCUT2D eigenvalue weighted by molar-refractivity contribution is -0.113. The molecule has 1 aromatic heterocycles. The summed E-state index contributed by atoms with van der Waals surface area (Å²) in [7, 11) is 1.79. The molecule has 2 aromatic carbocycles. The average molecular weight is 455 g/mol. The van der Waals surface area contributed by atoms with Gasteiger partial charge in [0, 0.05) is 17.8 Å². The van der Waals surface area contributed by atoms with Gasteiger partial charge in [0.05, 0.1) is 10.8 Å². The van der Waals surface area contributed by atoms with Crippen LogP contribution >= 0.6 is 35.0 Å². The molecule has 0 fully saturated rings. The minimum Gasteiger partial charge on any atom is -0.481 e. The Morgan fingerprint density at radius 3 is 2.66 bits per heavy atom. The van der Waals surface area contributed by atoms with E-state index in [0.717, 1.165) is 0 Å². The van der Waals surface area contributed by atoms with Crippen molar-refractivity contribution in [3.63, 3.8) is 0 Å². The molecule has 1 N–H and O–H groups in total. The third-order valence-electron chi connectivity index (χ3n) is 3.89. The van der Waals surface area contributed by atoms with E-state index < -0.39 is 6.10 Å². The van der Waals surface area contributed by atoms with Crippen LogP contribution in [0.1, 0.15) is 18.9 Å². The summed E-state index contributed by atoms with van der Waals surface area (Å²) < 4.78 is 20.5. The van der Waals surface area contributed by atoms with Crippen LogP contribution in [-0.2, 0) is 11.8 Å². The maximum absolute atomic E-state index is 12.9. The van der Waals surface area contributed by atoms with E-state index >= 15 is 0 Å². The van der Waals surface area contributed by atoms with E-state index in [1.165, 1.54) is 36.0 Å². The number of amides is 1. The average Bonchev–Trinajstić information content (AvgIpc) is 3.05. The number of nitrogens with one attached hydrogen (secondary N) is 1. The summed E-state index contributed by atoms with van der Waals surface area (Å²) in [5, 5.41) is 12.5. The fourth-order valence-electron chi connectivity index (χ4n) is 2.48. The Morgan fingerprint density at radius 1 is 1.24 bits per heavy atom. The zero-order chi connectivity index (χ0) is 21.0. The molecule has 0 aliphatic rings. The molecule has 152 valence electrons. The summed E-state index contributed by atoms with van der Waals surface area (Å²) in [5.74, 6) is 0.599. The number of benzene rings is 2. The molecule has 0 radical (unpaired) electrons. The lowest BCUT2D eigenvalue weighted by Gasteiger charge is -2.15. The number of hydrogen-bond donors (Lipinski definition) is 1. The molecule has 3 rings (SSSR count). The highest BCUT2D eigenvalue weighted by Gasteiger charge is 2.19. The Labute approximate surface area is 181 Å². The smallest absolute Gasteiger partial charge is 0.234 e. The SMILES string of the molecule is CC(Oc1ccc(Cl)cc1Cl)c1nnc(SCC(=O)Nc2ccc(F)cc2)n1C. The molecule has 0 bridgehead atoms. The first kappa shape index (κ1) is 21.4. The Bertz CT molecular complexity index is 1010. The minimum atomic E-state index is -0.423. The van der Waals surface area contributed by atoms with E-state index in [9.17, 15) is 9.18 Å². The fraction of sp³-hybridized carbons (Fsp3) is 0.211. The summed E-state index contributed by atoms with van der Waals surface area (Å²) in [5.41, 5.74) is 0.525. The minimum absolute atomic E-state index is 0.127. The van der Waals surface area contributed by atoms with Crippen LogP contribution in [0.3, 0.4) is 0 Å². The molecule has 29 heavy (non-hydrogen) atoms. The van der Waals surface area contributed by atoms with Crippen molar-refractivity contribution in [2.75, 3.05) is 11.1 Å². The van der Waals surface area contributed by atoms with Crippen LogP contribution in [-0.4, -0.2) is 26.4 Å². The van der Waals surface area contributed by atoms with Crippen LogP contribution in [0.2, 0.25) is 10.0 Å². The molecule has 3 aromatic rings. The van der Waals surface area contributed by atoms with Gasteiger partial charge in [-0.25, -0.2) is 4.39 Å². The molecule has 10 heteroatoms. The number of nitrogens with zero attached hydrogens (tertiary/aromatic N) is 3. The van der Waals surface area contributed by atoms with Crippen LogP contribution < -0.4 is 10.1 Å². The maximum Gasteiger partial charge on any atom is 0.234 e. The molecule has 0 aliphatic carbocycles. The molecule has 1 amide bonds. The normalized spacial score (nSPS) is 11.9. The highest BCUT2D eigenvalue weighted by Crippen LogP contribution is 2.31. The number of carbonyl (C=O) groups is 1. The Balaban J connectivity index is 1.59. The third-order valence-corrected chi connectivity index (χ3v) is 5.44. The summed E-state index contributed by atoms with van der Waals surface area (Å²) in [6.07, 6.45) is -0.423. The van der Waals surface area contributed by atoms with Crippen molar-refractivity contribution >= 4 is 46.6 Å². The van der Waals surface area contributed by atoms with Crippen molar-refractivity contribution in [2.45, 2.75) is 18.2 Å². The third kappa shape index (κ3) is 5.62. The Hall–Kier alpha value is -2.29. The molecule has 0 aliphatic heterocycles. The highest BCUT2D eigenvalue weighted by molar-refractivity contribution is 7.99. The zero-order valence-electron chi connectivity index (χ0n) is 15.5. The first-order valence-electron chi connectivity index (χ1n) is 8.52. The second kappa shape index (κ2) is 9.47.